The number of carbonyl (C=O) groups is 1. The molecule has 3 heterocycles. The summed E-state index contributed by atoms with van der Waals surface area (Å²) in [5.74, 6) is 0.564. The number of benzene rings is 2. The minimum absolute atomic E-state index is 0.0168. The van der Waals surface area contributed by atoms with Crippen LogP contribution in [0.25, 0.3) is 10.9 Å². The Bertz CT molecular complexity index is 1250. The third kappa shape index (κ3) is 4.83. The molecule has 1 fully saturated rings. The summed E-state index contributed by atoms with van der Waals surface area (Å²) in [5.41, 5.74) is 1.94. The molecule has 0 radical (unpaired) electrons. The smallest absolute Gasteiger partial charge is 0.250 e. The molecule has 0 saturated carbocycles. The van der Waals surface area contributed by atoms with Crippen molar-refractivity contribution >= 4 is 45.6 Å². The lowest BCUT2D eigenvalue weighted by Gasteiger charge is -2.21. The van der Waals surface area contributed by atoms with Crippen molar-refractivity contribution in [3.63, 3.8) is 0 Å². The van der Waals surface area contributed by atoms with Gasteiger partial charge in [-0.15, -0.1) is 0 Å². The summed E-state index contributed by atoms with van der Waals surface area (Å²) in [7, 11) is 0. The summed E-state index contributed by atoms with van der Waals surface area (Å²) >= 11 is 5.93. The Morgan fingerprint density at radius 2 is 2.00 bits per heavy atom. The zero-order valence-electron chi connectivity index (χ0n) is 18.6. The van der Waals surface area contributed by atoms with E-state index in [1.165, 1.54) is 31.3 Å². The van der Waals surface area contributed by atoms with E-state index in [0.29, 0.717) is 47.0 Å². The highest BCUT2D eigenvalue weighted by atomic mass is 35.5. The Balaban J connectivity index is 1.46. The lowest BCUT2D eigenvalue weighted by Crippen LogP contribution is -2.30. The lowest BCUT2D eigenvalue weighted by molar-refractivity contribution is -0.114. The number of anilines is 3. The first kappa shape index (κ1) is 22.6. The van der Waals surface area contributed by atoms with Crippen LogP contribution in [0.2, 0.25) is 5.02 Å². The largest absolute Gasteiger partial charge is 0.491 e. The van der Waals surface area contributed by atoms with Gasteiger partial charge in [0.25, 0.3) is 5.91 Å². The fraction of sp³-hybridized carbons (Fsp3) is 0.320. The molecule has 34 heavy (non-hydrogen) atoms. The molecule has 1 amide bonds. The SMILES string of the molecule is O=C(/C=C/CN1CCCC1)N1CCCOc2cc3ncnc(Nc4ccc(F)c(Cl)c4)c3cc21. The van der Waals surface area contributed by atoms with Gasteiger partial charge in [-0.2, -0.15) is 0 Å². The number of nitrogens with zero attached hydrogens (tertiary/aromatic N) is 4. The second kappa shape index (κ2) is 9.95. The molecule has 1 aromatic heterocycles. The number of amides is 1. The number of aromatic nitrogens is 2. The molecule has 1 saturated heterocycles. The van der Waals surface area contributed by atoms with Crippen LogP contribution in [-0.4, -0.2) is 53.6 Å². The maximum absolute atomic E-state index is 13.6. The van der Waals surface area contributed by atoms with E-state index in [4.69, 9.17) is 16.3 Å². The van der Waals surface area contributed by atoms with Gasteiger partial charge in [-0.05, 0) is 56.6 Å². The summed E-state index contributed by atoms with van der Waals surface area (Å²) < 4.78 is 19.5. The number of nitrogens with one attached hydrogen (secondary N) is 1. The fourth-order valence-corrected chi connectivity index (χ4v) is 4.50. The maximum atomic E-state index is 13.6. The van der Waals surface area contributed by atoms with Crippen LogP contribution in [0.3, 0.4) is 0 Å². The van der Waals surface area contributed by atoms with Crippen LogP contribution in [0.15, 0.2) is 48.8 Å². The highest BCUT2D eigenvalue weighted by Gasteiger charge is 2.23. The summed E-state index contributed by atoms with van der Waals surface area (Å²) in [4.78, 5) is 26.0. The molecule has 3 aromatic rings. The second-order valence-corrected chi connectivity index (χ2v) is 8.82. The Labute approximate surface area is 202 Å². The summed E-state index contributed by atoms with van der Waals surface area (Å²) in [6.45, 7) is 4.02. The van der Waals surface area contributed by atoms with Gasteiger partial charge >= 0.3 is 0 Å². The standard InChI is InChI=1S/C25H25ClFN5O2/c26-19-13-17(6-7-20(19)27)30-25-18-14-22-23(15-21(18)28-16-29-25)34-12-4-11-32(22)24(33)5-3-10-31-8-1-2-9-31/h3,5-7,13-16H,1-2,4,8-12H2,(H,28,29,30)/b5-3+. The van der Waals surface area contributed by atoms with Gasteiger partial charge in [0.15, 0.2) is 0 Å². The van der Waals surface area contributed by atoms with Crippen molar-refractivity contribution in [2.45, 2.75) is 19.3 Å². The van der Waals surface area contributed by atoms with Gasteiger partial charge in [0.2, 0.25) is 0 Å². The van der Waals surface area contributed by atoms with E-state index in [9.17, 15) is 9.18 Å². The summed E-state index contributed by atoms with van der Waals surface area (Å²) in [6.07, 6.45) is 8.19. The number of rotatable bonds is 5. The Kier molecular flexibility index (Phi) is 6.60. The second-order valence-electron chi connectivity index (χ2n) is 8.42. The van der Waals surface area contributed by atoms with Crippen molar-refractivity contribution in [1.29, 1.82) is 0 Å². The molecule has 9 heteroatoms. The summed E-state index contributed by atoms with van der Waals surface area (Å²) in [6, 6.07) is 8.08. The van der Waals surface area contributed by atoms with Gasteiger partial charge in [-0.1, -0.05) is 17.7 Å². The molecule has 7 nitrogen and oxygen atoms in total. The first-order chi connectivity index (χ1) is 16.6. The predicted molar refractivity (Wildman–Crippen MR) is 132 cm³/mol. The van der Waals surface area contributed by atoms with E-state index in [1.54, 1.807) is 17.0 Å². The zero-order chi connectivity index (χ0) is 23.5. The van der Waals surface area contributed by atoms with Crippen molar-refractivity contribution < 1.29 is 13.9 Å². The van der Waals surface area contributed by atoms with Crippen LogP contribution in [-0.2, 0) is 4.79 Å². The lowest BCUT2D eigenvalue weighted by atomic mass is 10.1. The quantitative estimate of drug-likeness (QED) is 0.521. The van der Waals surface area contributed by atoms with Crippen molar-refractivity contribution in [2.24, 2.45) is 0 Å². The highest BCUT2D eigenvalue weighted by molar-refractivity contribution is 6.31. The van der Waals surface area contributed by atoms with E-state index < -0.39 is 5.82 Å². The summed E-state index contributed by atoms with van der Waals surface area (Å²) in [5, 5.41) is 3.91. The molecule has 0 atom stereocenters. The van der Waals surface area contributed by atoms with Gasteiger partial charge < -0.3 is 15.0 Å². The number of hydrogen-bond donors (Lipinski definition) is 1. The van der Waals surface area contributed by atoms with E-state index in [1.807, 2.05) is 18.2 Å². The topological polar surface area (TPSA) is 70.6 Å². The first-order valence-electron chi connectivity index (χ1n) is 11.4. The average Bonchev–Trinajstić information content (AvgIpc) is 3.26. The third-order valence-corrected chi connectivity index (χ3v) is 6.35. The van der Waals surface area contributed by atoms with Crippen LogP contribution >= 0.6 is 11.6 Å². The van der Waals surface area contributed by atoms with Crippen LogP contribution < -0.4 is 15.0 Å². The third-order valence-electron chi connectivity index (χ3n) is 6.06. The molecule has 5 rings (SSSR count). The van der Waals surface area contributed by atoms with Crippen molar-refractivity contribution in [3.05, 3.63) is 59.7 Å². The van der Waals surface area contributed by atoms with Crippen molar-refractivity contribution in [2.75, 3.05) is 43.0 Å². The van der Waals surface area contributed by atoms with Crippen LogP contribution in [0, 0.1) is 5.82 Å². The molecule has 1 N–H and O–H groups in total. The molecular formula is C25H25ClFN5O2. The van der Waals surface area contributed by atoms with Crippen molar-refractivity contribution in [3.8, 4) is 5.75 Å². The van der Waals surface area contributed by atoms with Crippen LogP contribution in [0.5, 0.6) is 5.75 Å². The zero-order valence-corrected chi connectivity index (χ0v) is 19.4. The molecule has 0 bridgehead atoms. The van der Waals surface area contributed by atoms with Crippen LogP contribution in [0.4, 0.5) is 21.6 Å². The number of ether oxygens (including phenoxy) is 1. The molecule has 2 aromatic carbocycles. The van der Waals surface area contributed by atoms with Gasteiger partial charge in [0, 0.05) is 36.3 Å². The van der Waals surface area contributed by atoms with Gasteiger partial charge in [0.05, 0.1) is 22.8 Å². The molecule has 0 unspecified atom stereocenters. The number of fused-ring (bicyclic) bond motifs is 2. The average molecular weight is 482 g/mol. The van der Waals surface area contributed by atoms with E-state index >= 15 is 0 Å². The predicted octanol–water partition coefficient (Wildman–Crippen LogP) is 4.93. The van der Waals surface area contributed by atoms with Crippen molar-refractivity contribution in [1.82, 2.24) is 14.9 Å². The molecule has 176 valence electrons. The number of carbonyl (C=O) groups excluding carboxylic acids is 1. The molecule has 0 aliphatic carbocycles. The Morgan fingerprint density at radius 3 is 2.82 bits per heavy atom. The van der Waals surface area contributed by atoms with E-state index in [0.717, 1.165) is 26.1 Å². The van der Waals surface area contributed by atoms with E-state index in [-0.39, 0.29) is 10.9 Å². The van der Waals surface area contributed by atoms with E-state index in [2.05, 4.69) is 20.2 Å². The molecular weight excluding hydrogens is 457 g/mol. The normalized spacial score (nSPS) is 16.5. The van der Waals surface area contributed by atoms with Gasteiger partial charge in [0.1, 0.15) is 23.7 Å². The molecule has 2 aliphatic rings. The highest BCUT2D eigenvalue weighted by Crippen LogP contribution is 2.37. The number of halogens is 2. The first-order valence-corrected chi connectivity index (χ1v) is 11.8. The monoisotopic (exact) mass is 481 g/mol. The maximum Gasteiger partial charge on any atom is 0.250 e. The molecule has 0 spiro atoms. The minimum atomic E-state index is -0.492. The number of hydrogen-bond acceptors (Lipinski definition) is 6. The number of likely N-dealkylation sites (tertiary alicyclic amines) is 1. The molecule has 2 aliphatic heterocycles. The Hall–Kier alpha value is -3.23. The fourth-order valence-electron chi connectivity index (χ4n) is 4.32. The Morgan fingerprint density at radius 1 is 1.15 bits per heavy atom. The minimum Gasteiger partial charge on any atom is -0.491 e. The van der Waals surface area contributed by atoms with Gasteiger partial charge in [-0.25, -0.2) is 14.4 Å². The van der Waals surface area contributed by atoms with Gasteiger partial charge in [-0.3, -0.25) is 9.69 Å². The van der Waals surface area contributed by atoms with Crippen LogP contribution in [0.1, 0.15) is 19.3 Å².